The number of hydrogen-bond acceptors (Lipinski definition) is 3. The minimum Gasteiger partial charge on any atom is -0.388 e. The minimum atomic E-state index is -0.237. The fourth-order valence-corrected chi connectivity index (χ4v) is 1.04. The normalized spacial score (nSPS) is 30.5. The molecule has 1 aliphatic rings. The Morgan fingerprint density at radius 3 is 2.64 bits per heavy atom. The summed E-state index contributed by atoms with van der Waals surface area (Å²) in [5.41, 5.74) is 6.42. The van der Waals surface area contributed by atoms with Crippen molar-refractivity contribution in [2.75, 3.05) is 6.54 Å². The zero-order valence-corrected chi connectivity index (χ0v) is 7.42. The molecule has 0 aromatic rings. The molecule has 3 nitrogen and oxygen atoms in total. The van der Waals surface area contributed by atoms with Crippen molar-refractivity contribution in [3.05, 3.63) is 0 Å². The zero-order valence-electron chi connectivity index (χ0n) is 7.42. The Balaban J connectivity index is 2.55. The Kier molecular flexibility index (Phi) is 2.18. The fourth-order valence-electron chi connectivity index (χ4n) is 1.04. The SMILES string of the molecule is CC(C)C1=NOC(C)(CN)C1. The number of nitrogens with two attached hydrogens (primary N) is 1. The molecule has 0 radical (unpaired) electrons. The summed E-state index contributed by atoms with van der Waals surface area (Å²) in [5.74, 6) is 0.475. The van der Waals surface area contributed by atoms with Crippen LogP contribution in [0.4, 0.5) is 0 Å². The van der Waals surface area contributed by atoms with E-state index in [4.69, 9.17) is 10.6 Å². The Bertz CT molecular complexity index is 177. The summed E-state index contributed by atoms with van der Waals surface area (Å²) < 4.78 is 0. The van der Waals surface area contributed by atoms with Crippen LogP contribution in [0.1, 0.15) is 27.2 Å². The second kappa shape index (κ2) is 2.81. The van der Waals surface area contributed by atoms with Gasteiger partial charge in [0.25, 0.3) is 0 Å². The monoisotopic (exact) mass is 156 g/mol. The van der Waals surface area contributed by atoms with Crippen molar-refractivity contribution in [3.8, 4) is 0 Å². The van der Waals surface area contributed by atoms with Crippen molar-refractivity contribution in [3.63, 3.8) is 0 Å². The van der Waals surface area contributed by atoms with E-state index in [1.54, 1.807) is 0 Å². The Labute approximate surface area is 67.6 Å². The van der Waals surface area contributed by atoms with Gasteiger partial charge in [-0.05, 0) is 12.8 Å². The molecule has 0 spiro atoms. The van der Waals surface area contributed by atoms with Gasteiger partial charge in [0.1, 0.15) is 0 Å². The van der Waals surface area contributed by atoms with E-state index in [9.17, 15) is 0 Å². The first kappa shape index (κ1) is 8.53. The Morgan fingerprint density at radius 2 is 2.36 bits per heavy atom. The van der Waals surface area contributed by atoms with Gasteiger partial charge in [0, 0.05) is 13.0 Å². The molecular weight excluding hydrogens is 140 g/mol. The summed E-state index contributed by atoms with van der Waals surface area (Å²) in [6.45, 7) is 6.76. The summed E-state index contributed by atoms with van der Waals surface area (Å²) in [6, 6.07) is 0. The molecule has 64 valence electrons. The summed E-state index contributed by atoms with van der Waals surface area (Å²) in [4.78, 5) is 5.23. The Morgan fingerprint density at radius 1 is 1.73 bits per heavy atom. The van der Waals surface area contributed by atoms with Crippen LogP contribution in [-0.2, 0) is 4.84 Å². The van der Waals surface area contributed by atoms with Crippen molar-refractivity contribution in [1.29, 1.82) is 0 Å². The number of nitrogens with zero attached hydrogens (tertiary/aromatic N) is 1. The number of hydrogen-bond donors (Lipinski definition) is 1. The van der Waals surface area contributed by atoms with Crippen LogP contribution in [0.2, 0.25) is 0 Å². The standard InChI is InChI=1S/C8H16N2O/c1-6(2)7-4-8(3,5-9)11-10-7/h6H,4-5,9H2,1-3H3. The smallest absolute Gasteiger partial charge is 0.152 e. The van der Waals surface area contributed by atoms with Gasteiger partial charge in [0.2, 0.25) is 0 Å². The topological polar surface area (TPSA) is 47.6 Å². The summed E-state index contributed by atoms with van der Waals surface area (Å²) in [5, 5.41) is 4.00. The molecular formula is C8H16N2O. The van der Waals surface area contributed by atoms with Gasteiger partial charge < -0.3 is 10.6 Å². The first-order valence-electron chi connectivity index (χ1n) is 4.02. The highest BCUT2D eigenvalue weighted by Gasteiger charge is 2.33. The summed E-state index contributed by atoms with van der Waals surface area (Å²) in [7, 11) is 0. The lowest BCUT2D eigenvalue weighted by molar-refractivity contribution is 0.00421. The van der Waals surface area contributed by atoms with Gasteiger partial charge >= 0.3 is 0 Å². The predicted molar refractivity (Wildman–Crippen MR) is 45.4 cm³/mol. The molecule has 1 unspecified atom stereocenters. The summed E-state index contributed by atoms with van der Waals surface area (Å²) >= 11 is 0. The molecule has 3 heteroatoms. The lowest BCUT2D eigenvalue weighted by Gasteiger charge is -2.18. The van der Waals surface area contributed by atoms with Gasteiger partial charge in [-0.1, -0.05) is 19.0 Å². The van der Waals surface area contributed by atoms with Crippen LogP contribution in [0.5, 0.6) is 0 Å². The number of rotatable bonds is 2. The molecule has 1 heterocycles. The second-order valence-corrected chi connectivity index (χ2v) is 3.66. The predicted octanol–water partition coefficient (Wildman–Crippen LogP) is 1.14. The third kappa shape index (κ3) is 1.71. The van der Waals surface area contributed by atoms with Crippen molar-refractivity contribution >= 4 is 5.71 Å². The lowest BCUT2D eigenvalue weighted by Crippen LogP contribution is -2.34. The summed E-state index contributed by atoms with van der Waals surface area (Å²) in [6.07, 6.45) is 0.876. The largest absolute Gasteiger partial charge is 0.388 e. The maximum absolute atomic E-state index is 5.53. The number of oxime groups is 1. The molecule has 1 atom stereocenters. The highest BCUT2D eigenvalue weighted by Crippen LogP contribution is 2.24. The van der Waals surface area contributed by atoms with E-state index in [2.05, 4.69) is 19.0 Å². The van der Waals surface area contributed by atoms with E-state index < -0.39 is 0 Å². The van der Waals surface area contributed by atoms with Crippen LogP contribution in [0.3, 0.4) is 0 Å². The molecule has 0 saturated carbocycles. The fraction of sp³-hybridized carbons (Fsp3) is 0.875. The highest BCUT2D eigenvalue weighted by atomic mass is 16.7. The molecule has 1 rings (SSSR count). The van der Waals surface area contributed by atoms with E-state index in [-0.39, 0.29) is 5.60 Å². The Hall–Kier alpha value is -0.570. The van der Waals surface area contributed by atoms with Gasteiger partial charge in [0.15, 0.2) is 5.60 Å². The first-order valence-corrected chi connectivity index (χ1v) is 4.02. The lowest BCUT2D eigenvalue weighted by atomic mass is 9.95. The molecule has 0 aromatic carbocycles. The third-order valence-electron chi connectivity index (χ3n) is 2.04. The van der Waals surface area contributed by atoms with Crippen LogP contribution >= 0.6 is 0 Å². The minimum absolute atomic E-state index is 0.237. The zero-order chi connectivity index (χ0) is 8.48. The van der Waals surface area contributed by atoms with Crippen molar-refractivity contribution in [2.45, 2.75) is 32.8 Å². The molecule has 2 N–H and O–H groups in total. The van der Waals surface area contributed by atoms with E-state index in [1.165, 1.54) is 0 Å². The quantitative estimate of drug-likeness (QED) is 0.651. The molecule has 0 aliphatic carbocycles. The van der Waals surface area contributed by atoms with Gasteiger partial charge in [0.05, 0.1) is 5.71 Å². The second-order valence-electron chi connectivity index (χ2n) is 3.66. The molecule has 0 amide bonds. The van der Waals surface area contributed by atoms with Gasteiger partial charge in [-0.3, -0.25) is 0 Å². The maximum Gasteiger partial charge on any atom is 0.152 e. The van der Waals surface area contributed by atoms with Crippen LogP contribution in [0.15, 0.2) is 5.16 Å². The third-order valence-corrected chi connectivity index (χ3v) is 2.04. The van der Waals surface area contributed by atoms with Crippen LogP contribution in [0.25, 0.3) is 0 Å². The molecule has 1 aliphatic heterocycles. The van der Waals surface area contributed by atoms with Gasteiger partial charge in [-0.25, -0.2) is 0 Å². The highest BCUT2D eigenvalue weighted by molar-refractivity contribution is 5.87. The van der Waals surface area contributed by atoms with Crippen molar-refractivity contribution in [2.24, 2.45) is 16.8 Å². The average molecular weight is 156 g/mol. The molecule has 0 fully saturated rings. The van der Waals surface area contributed by atoms with Crippen LogP contribution < -0.4 is 5.73 Å². The van der Waals surface area contributed by atoms with Crippen molar-refractivity contribution in [1.82, 2.24) is 0 Å². The van der Waals surface area contributed by atoms with E-state index in [1.807, 2.05) is 6.92 Å². The first-order chi connectivity index (χ1) is 5.07. The van der Waals surface area contributed by atoms with Crippen molar-refractivity contribution < 1.29 is 4.84 Å². The van der Waals surface area contributed by atoms with Crippen LogP contribution in [0, 0.1) is 5.92 Å². The van der Waals surface area contributed by atoms with Gasteiger partial charge in [-0.15, -0.1) is 0 Å². The van der Waals surface area contributed by atoms with Gasteiger partial charge in [-0.2, -0.15) is 0 Å². The molecule has 0 bridgehead atoms. The van der Waals surface area contributed by atoms with Crippen LogP contribution in [-0.4, -0.2) is 17.9 Å². The van der Waals surface area contributed by atoms with E-state index in [0.717, 1.165) is 12.1 Å². The van der Waals surface area contributed by atoms with E-state index >= 15 is 0 Å². The van der Waals surface area contributed by atoms with E-state index in [0.29, 0.717) is 12.5 Å². The average Bonchev–Trinajstić information content (AvgIpc) is 2.33. The molecule has 0 aromatic heterocycles. The maximum atomic E-state index is 5.53. The molecule has 11 heavy (non-hydrogen) atoms. The molecule has 0 saturated heterocycles.